The van der Waals surface area contributed by atoms with Crippen LogP contribution in [0.1, 0.15) is 39.7 Å². The van der Waals surface area contributed by atoms with Crippen molar-refractivity contribution < 1.29 is 9.53 Å². The van der Waals surface area contributed by atoms with Crippen LogP contribution in [0.4, 0.5) is 5.69 Å². The molecule has 0 saturated heterocycles. The van der Waals surface area contributed by atoms with Gasteiger partial charge in [0.15, 0.2) is 0 Å². The van der Waals surface area contributed by atoms with Crippen LogP contribution in [0.25, 0.3) is 0 Å². The van der Waals surface area contributed by atoms with E-state index >= 15 is 0 Å². The molecule has 1 atom stereocenters. The number of carbonyl (C=O) groups excluding carboxylic acids is 1. The molecule has 1 aromatic rings. The van der Waals surface area contributed by atoms with Crippen LogP contribution in [0.15, 0.2) is 24.3 Å². The fraction of sp³-hybridized carbons (Fsp3) is 0.533. The number of hydrogen-bond donors (Lipinski definition) is 1. The van der Waals surface area contributed by atoms with Crippen molar-refractivity contribution in [2.24, 2.45) is 0 Å². The van der Waals surface area contributed by atoms with Gasteiger partial charge in [0, 0.05) is 5.69 Å². The van der Waals surface area contributed by atoms with Gasteiger partial charge in [-0.3, -0.25) is 0 Å². The first kappa shape index (κ1) is 14.6. The monoisotopic (exact) mass is 249 g/mol. The van der Waals surface area contributed by atoms with Crippen LogP contribution in [0.2, 0.25) is 0 Å². The Morgan fingerprint density at radius 3 is 2.22 bits per heavy atom. The minimum atomic E-state index is -0.282. The highest BCUT2D eigenvalue weighted by atomic mass is 16.5. The molecule has 0 amide bonds. The summed E-state index contributed by atoms with van der Waals surface area (Å²) in [6.45, 7) is 8.49. The molecule has 0 aliphatic heterocycles. The Bertz CT molecular complexity index is 390. The summed E-state index contributed by atoms with van der Waals surface area (Å²) in [5, 5.41) is 3.18. The van der Waals surface area contributed by atoms with E-state index in [2.05, 4.69) is 38.2 Å². The zero-order chi connectivity index (χ0) is 13.8. The van der Waals surface area contributed by atoms with E-state index in [1.54, 1.807) is 0 Å². The number of nitrogens with one attached hydrogen (secondary N) is 1. The maximum absolute atomic E-state index is 11.5. The predicted octanol–water partition coefficient (Wildman–Crippen LogP) is 3.35. The van der Waals surface area contributed by atoms with E-state index in [9.17, 15) is 4.79 Å². The lowest BCUT2D eigenvalue weighted by Crippen LogP contribution is -2.29. The van der Waals surface area contributed by atoms with E-state index in [1.807, 2.05) is 19.1 Å². The Morgan fingerprint density at radius 2 is 1.83 bits per heavy atom. The van der Waals surface area contributed by atoms with E-state index in [0.29, 0.717) is 6.42 Å². The Balaban J connectivity index is 2.77. The van der Waals surface area contributed by atoms with E-state index in [0.717, 1.165) is 5.69 Å². The molecule has 3 heteroatoms. The molecule has 0 heterocycles. The van der Waals surface area contributed by atoms with Gasteiger partial charge < -0.3 is 10.1 Å². The topological polar surface area (TPSA) is 38.3 Å². The molecule has 1 rings (SSSR count). The fourth-order valence-corrected chi connectivity index (χ4v) is 1.74. The number of methoxy groups -OCH3 is 1. The van der Waals surface area contributed by atoms with Gasteiger partial charge in [-0.1, -0.05) is 39.8 Å². The smallest absolute Gasteiger partial charge is 0.328 e. The molecule has 0 aromatic heterocycles. The lowest BCUT2D eigenvalue weighted by molar-refractivity contribution is -0.141. The number of ether oxygens (including phenoxy) is 1. The molecule has 1 unspecified atom stereocenters. The maximum Gasteiger partial charge on any atom is 0.328 e. The summed E-state index contributed by atoms with van der Waals surface area (Å²) in [5.74, 6) is -0.225. The molecular formula is C15H23NO2. The van der Waals surface area contributed by atoms with Gasteiger partial charge in [0.25, 0.3) is 0 Å². The minimum Gasteiger partial charge on any atom is -0.467 e. The molecular weight excluding hydrogens is 226 g/mol. The molecule has 0 bridgehead atoms. The quantitative estimate of drug-likeness (QED) is 0.832. The SMILES string of the molecule is CCC(Nc1ccc(C(C)(C)C)cc1)C(=O)OC. The summed E-state index contributed by atoms with van der Waals surface area (Å²) in [4.78, 5) is 11.5. The number of benzene rings is 1. The van der Waals surface area contributed by atoms with Crippen molar-refractivity contribution in [1.29, 1.82) is 0 Å². The van der Waals surface area contributed by atoms with Gasteiger partial charge >= 0.3 is 5.97 Å². The molecule has 18 heavy (non-hydrogen) atoms. The predicted molar refractivity (Wildman–Crippen MR) is 74.9 cm³/mol. The second kappa shape index (κ2) is 5.89. The van der Waals surface area contributed by atoms with Gasteiger partial charge in [0.05, 0.1) is 7.11 Å². The Labute approximate surface area is 110 Å². The fourth-order valence-electron chi connectivity index (χ4n) is 1.74. The van der Waals surface area contributed by atoms with E-state index in [4.69, 9.17) is 4.74 Å². The van der Waals surface area contributed by atoms with Gasteiger partial charge in [-0.15, -0.1) is 0 Å². The third kappa shape index (κ3) is 3.76. The van der Waals surface area contributed by atoms with Gasteiger partial charge in [-0.25, -0.2) is 4.79 Å². The summed E-state index contributed by atoms with van der Waals surface area (Å²) in [6, 6.07) is 7.91. The first-order valence-electron chi connectivity index (χ1n) is 6.33. The summed E-state index contributed by atoms with van der Waals surface area (Å²) in [5.41, 5.74) is 2.37. The molecule has 1 N–H and O–H groups in total. The summed E-state index contributed by atoms with van der Waals surface area (Å²) >= 11 is 0. The van der Waals surface area contributed by atoms with Crippen LogP contribution in [0, 0.1) is 0 Å². The Morgan fingerprint density at radius 1 is 1.28 bits per heavy atom. The van der Waals surface area contributed by atoms with E-state index in [1.165, 1.54) is 12.7 Å². The summed E-state index contributed by atoms with van der Waals surface area (Å²) in [7, 11) is 1.41. The largest absolute Gasteiger partial charge is 0.467 e. The summed E-state index contributed by atoms with van der Waals surface area (Å²) < 4.78 is 4.75. The highest BCUT2D eigenvalue weighted by molar-refractivity contribution is 5.79. The number of anilines is 1. The van der Waals surface area contributed by atoms with Crippen LogP contribution >= 0.6 is 0 Å². The number of hydrogen-bond acceptors (Lipinski definition) is 3. The van der Waals surface area contributed by atoms with Crippen LogP contribution < -0.4 is 5.32 Å². The molecule has 0 spiro atoms. The lowest BCUT2D eigenvalue weighted by atomic mass is 9.87. The van der Waals surface area contributed by atoms with Gasteiger partial charge in [-0.05, 0) is 29.5 Å². The van der Waals surface area contributed by atoms with Gasteiger partial charge in [0.1, 0.15) is 6.04 Å². The molecule has 0 aliphatic rings. The van der Waals surface area contributed by atoms with Crippen molar-refractivity contribution >= 4 is 11.7 Å². The zero-order valence-corrected chi connectivity index (χ0v) is 11.9. The van der Waals surface area contributed by atoms with Crippen molar-refractivity contribution in [3.05, 3.63) is 29.8 Å². The number of carbonyl (C=O) groups is 1. The van der Waals surface area contributed by atoms with Crippen molar-refractivity contribution in [2.45, 2.75) is 45.6 Å². The molecule has 0 fully saturated rings. The Kier molecular flexibility index (Phi) is 4.76. The van der Waals surface area contributed by atoms with Gasteiger partial charge in [0.2, 0.25) is 0 Å². The number of rotatable bonds is 4. The maximum atomic E-state index is 11.5. The minimum absolute atomic E-state index is 0.144. The highest BCUT2D eigenvalue weighted by Gasteiger charge is 2.17. The lowest BCUT2D eigenvalue weighted by Gasteiger charge is -2.20. The first-order chi connectivity index (χ1) is 8.38. The molecule has 0 radical (unpaired) electrons. The average Bonchev–Trinajstić information content (AvgIpc) is 2.34. The summed E-state index contributed by atoms with van der Waals surface area (Å²) in [6.07, 6.45) is 0.702. The van der Waals surface area contributed by atoms with Crippen molar-refractivity contribution in [3.63, 3.8) is 0 Å². The van der Waals surface area contributed by atoms with Crippen molar-refractivity contribution in [3.8, 4) is 0 Å². The van der Waals surface area contributed by atoms with Crippen molar-refractivity contribution in [2.75, 3.05) is 12.4 Å². The van der Waals surface area contributed by atoms with Crippen LogP contribution in [-0.4, -0.2) is 19.1 Å². The second-order valence-corrected chi connectivity index (χ2v) is 5.46. The van der Waals surface area contributed by atoms with Crippen LogP contribution in [0.3, 0.4) is 0 Å². The van der Waals surface area contributed by atoms with Gasteiger partial charge in [-0.2, -0.15) is 0 Å². The second-order valence-electron chi connectivity index (χ2n) is 5.46. The number of esters is 1. The zero-order valence-electron chi connectivity index (χ0n) is 11.9. The van der Waals surface area contributed by atoms with Crippen LogP contribution in [0.5, 0.6) is 0 Å². The normalized spacial score (nSPS) is 12.9. The first-order valence-corrected chi connectivity index (χ1v) is 6.33. The molecule has 1 aromatic carbocycles. The third-order valence-electron chi connectivity index (χ3n) is 2.99. The third-order valence-corrected chi connectivity index (χ3v) is 2.99. The molecule has 0 saturated carbocycles. The average molecular weight is 249 g/mol. The molecule has 0 aliphatic carbocycles. The van der Waals surface area contributed by atoms with Crippen molar-refractivity contribution in [1.82, 2.24) is 0 Å². The van der Waals surface area contributed by atoms with E-state index in [-0.39, 0.29) is 17.4 Å². The standard InChI is InChI=1S/C15H23NO2/c1-6-13(14(17)18-5)16-12-9-7-11(8-10-12)15(2,3)4/h7-10,13,16H,6H2,1-5H3. The Hall–Kier alpha value is -1.51. The van der Waals surface area contributed by atoms with E-state index < -0.39 is 0 Å². The van der Waals surface area contributed by atoms with Crippen LogP contribution in [-0.2, 0) is 14.9 Å². The molecule has 100 valence electrons. The highest BCUT2D eigenvalue weighted by Crippen LogP contribution is 2.23. The molecule has 3 nitrogen and oxygen atoms in total.